The molecule has 4 N–H and O–H groups in total. The first-order valence-electron chi connectivity index (χ1n) is 19.7. The van der Waals surface area contributed by atoms with Crippen molar-refractivity contribution in [1.82, 2.24) is 0 Å². The summed E-state index contributed by atoms with van der Waals surface area (Å²) in [5, 5.41) is 46.1. The van der Waals surface area contributed by atoms with Crippen molar-refractivity contribution >= 4 is 0 Å². The first-order valence-corrected chi connectivity index (χ1v) is 19.7. The van der Waals surface area contributed by atoms with E-state index in [-0.39, 0.29) is 97.5 Å². The summed E-state index contributed by atoms with van der Waals surface area (Å²) in [4.78, 5) is 0. The fraction of sp³-hybridized carbons (Fsp3) is 0.500. The number of ether oxygens (including phenoxy) is 4. The van der Waals surface area contributed by atoms with Gasteiger partial charge in [-0.05, 0) is 92.4 Å². The van der Waals surface area contributed by atoms with Gasteiger partial charge in [0.05, 0.1) is 52.9 Å². The van der Waals surface area contributed by atoms with Gasteiger partial charge in [0.1, 0.15) is 23.0 Å². The second-order valence-electron chi connectivity index (χ2n) is 19.5. The van der Waals surface area contributed by atoms with E-state index in [9.17, 15) is 20.4 Å². The number of fused-ring (bicyclic) bond motifs is 8. The Labute approximate surface area is 334 Å². The smallest absolute Gasteiger partial charge is 0.126 e. The molecule has 0 radical (unpaired) electrons. The minimum atomic E-state index is -0.215. The largest absolute Gasteiger partial charge is 0.507 e. The van der Waals surface area contributed by atoms with Crippen molar-refractivity contribution < 1.29 is 39.4 Å². The molecule has 56 heavy (non-hydrogen) atoms. The van der Waals surface area contributed by atoms with Crippen LogP contribution in [0.4, 0.5) is 0 Å². The summed E-state index contributed by atoms with van der Waals surface area (Å²) in [6, 6.07) is 15.7. The molecule has 8 bridgehead atoms. The van der Waals surface area contributed by atoms with Crippen LogP contribution in [0.5, 0.6) is 23.0 Å². The van der Waals surface area contributed by atoms with Crippen LogP contribution in [0.25, 0.3) is 0 Å². The Morgan fingerprint density at radius 3 is 0.518 bits per heavy atom. The second kappa shape index (κ2) is 16.4. The Bertz CT molecular complexity index is 1640. The first kappa shape index (κ1) is 43.1. The van der Waals surface area contributed by atoms with Crippen molar-refractivity contribution in [1.29, 1.82) is 0 Å². The van der Waals surface area contributed by atoms with Crippen molar-refractivity contribution in [3.8, 4) is 23.0 Å². The van der Waals surface area contributed by atoms with Gasteiger partial charge in [0, 0.05) is 44.5 Å². The van der Waals surface area contributed by atoms with Crippen LogP contribution in [-0.2, 0) is 93.5 Å². The van der Waals surface area contributed by atoms with Crippen molar-refractivity contribution in [2.75, 3.05) is 0 Å². The molecule has 0 saturated carbocycles. The normalized spacial score (nSPS) is 15.6. The third-order valence-electron chi connectivity index (χ3n) is 10.6. The number of phenolic OH excluding ortho intramolecular Hbond substituents is 4. The maximum absolute atomic E-state index is 11.5. The highest BCUT2D eigenvalue weighted by atomic mass is 16.5. The summed E-state index contributed by atoms with van der Waals surface area (Å²) >= 11 is 0. The molecule has 0 saturated heterocycles. The predicted molar refractivity (Wildman–Crippen MR) is 221 cm³/mol. The van der Waals surface area contributed by atoms with E-state index in [4.69, 9.17) is 18.9 Å². The van der Waals surface area contributed by atoms with Crippen LogP contribution in [0.15, 0.2) is 48.5 Å². The molecule has 8 heteroatoms. The lowest BCUT2D eigenvalue weighted by Gasteiger charge is -2.24. The quantitative estimate of drug-likeness (QED) is 0.140. The first-order chi connectivity index (χ1) is 25.9. The van der Waals surface area contributed by atoms with Crippen molar-refractivity contribution in [2.24, 2.45) is 0 Å². The summed E-state index contributed by atoms with van der Waals surface area (Å²) in [7, 11) is 0. The van der Waals surface area contributed by atoms with Gasteiger partial charge in [-0.2, -0.15) is 0 Å². The molecule has 0 aliphatic carbocycles. The molecule has 4 aromatic rings. The SMILES string of the molecule is CC(C)(C)c1cc2c(O)c(c1)COCc1cc(C(C)(C)C)cc(c1O)COCc1cc(C(C)(C)C)cc(c1O)COCc1cc(C(C)(C)C)cc(c1O)COC2. The minimum absolute atomic E-state index is 0.0945. The van der Waals surface area contributed by atoms with Crippen molar-refractivity contribution in [2.45, 2.75) is 158 Å². The lowest BCUT2D eigenvalue weighted by molar-refractivity contribution is 0.0929. The number of rotatable bonds is 0. The molecule has 1 aliphatic heterocycles. The van der Waals surface area contributed by atoms with Crippen molar-refractivity contribution in [3.63, 3.8) is 0 Å². The van der Waals surface area contributed by atoms with Gasteiger partial charge in [0.25, 0.3) is 0 Å². The standard InChI is InChI=1S/C48H64O8/c1-45(2,3)37-13-29-21-53-23-31-15-38(46(4,5)6)17-33(42(31)50)25-55-27-35-19-40(48(10,11)12)20-36(44(35)52)28-56-26-34-18-39(47(7,8)9)16-32(43(34)51)24-54-22-30(14-37)41(29)49/h13-20,49-52H,21-28H2,1-12H3. The Balaban J connectivity index is 1.58. The highest BCUT2D eigenvalue weighted by Crippen LogP contribution is 2.38. The van der Waals surface area contributed by atoms with Gasteiger partial charge in [-0.1, -0.05) is 83.1 Å². The maximum Gasteiger partial charge on any atom is 0.126 e. The Kier molecular flexibility index (Phi) is 12.6. The molecule has 4 aromatic carbocycles. The maximum atomic E-state index is 11.5. The second-order valence-corrected chi connectivity index (χ2v) is 19.5. The lowest BCUT2D eigenvalue weighted by Crippen LogP contribution is -2.14. The molecule has 0 amide bonds. The molecule has 0 unspecified atom stereocenters. The molecule has 1 aliphatic rings. The van der Waals surface area contributed by atoms with Gasteiger partial charge in [-0.3, -0.25) is 0 Å². The zero-order chi connectivity index (χ0) is 41.4. The van der Waals surface area contributed by atoms with Crippen LogP contribution in [-0.4, -0.2) is 20.4 Å². The van der Waals surface area contributed by atoms with Crippen LogP contribution in [0, 0.1) is 0 Å². The fourth-order valence-corrected chi connectivity index (χ4v) is 6.74. The molecule has 0 spiro atoms. The molecular formula is C48H64O8. The molecule has 0 aromatic heterocycles. The summed E-state index contributed by atoms with van der Waals surface area (Å²) in [6.45, 7) is 26.3. The van der Waals surface area contributed by atoms with Crippen LogP contribution < -0.4 is 0 Å². The number of phenols is 4. The third-order valence-corrected chi connectivity index (χ3v) is 10.6. The molecule has 304 valence electrons. The minimum Gasteiger partial charge on any atom is -0.507 e. The molecule has 5 rings (SSSR count). The number of hydrogen-bond acceptors (Lipinski definition) is 8. The van der Waals surface area contributed by atoms with E-state index in [1.54, 1.807) is 0 Å². The van der Waals surface area contributed by atoms with Gasteiger partial charge in [0.15, 0.2) is 0 Å². The average molecular weight is 769 g/mol. The average Bonchev–Trinajstić information content (AvgIpc) is 3.07. The highest BCUT2D eigenvalue weighted by molar-refractivity contribution is 5.49. The van der Waals surface area contributed by atoms with Gasteiger partial charge in [-0.15, -0.1) is 0 Å². The Morgan fingerprint density at radius 2 is 0.411 bits per heavy atom. The lowest BCUT2D eigenvalue weighted by atomic mass is 9.84. The van der Waals surface area contributed by atoms with Gasteiger partial charge >= 0.3 is 0 Å². The van der Waals surface area contributed by atoms with E-state index >= 15 is 0 Å². The zero-order valence-corrected chi connectivity index (χ0v) is 35.7. The van der Waals surface area contributed by atoms with Crippen molar-refractivity contribution in [3.05, 3.63) is 115 Å². The molecular weight excluding hydrogens is 705 g/mol. The van der Waals surface area contributed by atoms with Crippen LogP contribution in [0.3, 0.4) is 0 Å². The topological polar surface area (TPSA) is 118 Å². The monoisotopic (exact) mass is 768 g/mol. The van der Waals surface area contributed by atoms with E-state index in [1.165, 1.54) is 0 Å². The fourth-order valence-electron chi connectivity index (χ4n) is 6.74. The Hall–Kier alpha value is -4.08. The van der Waals surface area contributed by atoms with Gasteiger partial charge < -0.3 is 39.4 Å². The summed E-state index contributed by atoms with van der Waals surface area (Å²) in [6.07, 6.45) is 0. The number of hydrogen-bond donors (Lipinski definition) is 4. The molecule has 1 heterocycles. The predicted octanol–water partition coefficient (Wildman–Crippen LogP) is 10.9. The number of aromatic hydroxyl groups is 4. The summed E-state index contributed by atoms with van der Waals surface area (Å²) < 4.78 is 25.0. The van der Waals surface area contributed by atoms with E-state index in [2.05, 4.69) is 83.1 Å². The Morgan fingerprint density at radius 1 is 0.286 bits per heavy atom. The van der Waals surface area contributed by atoms with Gasteiger partial charge in [-0.25, -0.2) is 0 Å². The summed E-state index contributed by atoms with van der Waals surface area (Å²) in [5.74, 6) is 0.378. The zero-order valence-electron chi connectivity index (χ0n) is 35.7. The van der Waals surface area contributed by atoms with Crippen LogP contribution in [0.2, 0.25) is 0 Å². The van der Waals surface area contributed by atoms with Crippen LogP contribution >= 0.6 is 0 Å². The highest BCUT2D eigenvalue weighted by Gasteiger charge is 2.24. The van der Waals surface area contributed by atoms with Gasteiger partial charge in [0.2, 0.25) is 0 Å². The van der Waals surface area contributed by atoms with Crippen LogP contribution in [0.1, 0.15) is 150 Å². The summed E-state index contributed by atoms with van der Waals surface area (Å²) in [5.41, 5.74) is 8.19. The molecule has 0 fully saturated rings. The van der Waals surface area contributed by atoms with E-state index in [0.29, 0.717) is 44.5 Å². The van der Waals surface area contributed by atoms with E-state index < -0.39 is 0 Å². The van der Waals surface area contributed by atoms with E-state index in [0.717, 1.165) is 22.3 Å². The molecule has 0 atom stereocenters. The molecule has 8 nitrogen and oxygen atoms in total. The van der Waals surface area contributed by atoms with E-state index in [1.807, 2.05) is 48.5 Å². The third kappa shape index (κ3) is 10.3. The number of benzene rings is 4.